The summed E-state index contributed by atoms with van der Waals surface area (Å²) in [6.07, 6.45) is 1.64. The molecule has 2 aromatic rings. The van der Waals surface area contributed by atoms with Gasteiger partial charge in [-0.2, -0.15) is 0 Å². The van der Waals surface area contributed by atoms with Gasteiger partial charge >= 0.3 is 0 Å². The van der Waals surface area contributed by atoms with Crippen LogP contribution in [0.15, 0.2) is 41.0 Å². The normalized spacial score (nSPS) is 9.59. The molecule has 0 unspecified atom stereocenters. The second-order valence-corrected chi connectivity index (χ2v) is 3.97. The Morgan fingerprint density at radius 2 is 2.00 bits per heavy atom. The maximum absolute atomic E-state index is 4.93. The smallest absolute Gasteiger partial charge is 0.191 e. The zero-order chi connectivity index (χ0) is 12.5. The highest BCUT2D eigenvalue weighted by Gasteiger charge is 1.93. The van der Waals surface area contributed by atoms with E-state index >= 15 is 0 Å². The number of benzene rings is 1. The number of aromatic nitrogens is 1. The number of rotatable bonds is 3. The first kappa shape index (κ1) is 13.9. The second-order valence-electron chi connectivity index (χ2n) is 3.41. The van der Waals surface area contributed by atoms with Crippen molar-refractivity contribution in [3.05, 3.63) is 53.7 Å². The van der Waals surface area contributed by atoms with E-state index in [1.54, 1.807) is 13.4 Å². The highest BCUT2D eigenvalue weighted by atomic mass is 79.9. The molecule has 0 aliphatic heterocycles. The standard InChI is InChI=1S/C8H10O.C5H6BrNO/c1-9-7-8-5-3-2-4-6-8;1-4-7-5(2-6)3-8-4/h2-6H,7H2,1H3;3H,2H2,1H3. The number of hydrogen-bond acceptors (Lipinski definition) is 3. The van der Waals surface area contributed by atoms with Gasteiger partial charge < -0.3 is 9.15 Å². The van der Waals surface area contributed by atoms with E-state index in [0.29, 0.717) is 6.61 Å². The van der Waals surface area contributed by atoms with Crippen LogP contribution in [0.25, 0.3) is 0 Å². The molecule has 0 amide bonds. The van der Waals surface area contributed by atoms with E-state index in [1.165, 1.54) is 5.56 Å². The molecule has 0 aliphatic rings. The van der Waals surface area contributed by atoms with Crippen LogP contribution < -0.4 is 0 Å². The van der Waals surface area contributed by atoms with Crippen LogP contribution in [-0.4, -0.2) is 12.1 Å². The maximum atomic E-state index is 4.93. The van der Waals surface area contributed by atoms with Gasteiger partial charge in [0, 0.05) is 19.4 Å². The van der Waals surface area contributed by atoms with Gasteiger partial charge in [0.25, 0.3) is 0 Å². The fourth-order valence-corrected chi connectivity index (χ4v) is 1.47. The molecular formula is C13H16BrNO2. The first-order valence-corrected chi connectivity index (χ1v) is 6.38. The number of oxazole rings is 1. The third-order valence-corrected chi connectivity index (χ3v) is 2.53. The van der Waals surface area contributed by atoms with Crippen molar-refractivity contribution in [1.82, 2.24) is 4.98 Å². The van der Waals surface area contributed by atoms with Crippen LogP contribution in [0.3, 0.4) is 0 Å². The molecule has 0 aliphatic carbocycles. The van der Waals surface area contributed by atoms with E-state index in [-0.39, 0.29) is 0 Å². The molecule has 3 nitrogen and oxygen atoms in total. The van der Waals surface area contributed by atoms with Crippen LogP contribution in [-0.2, 0) is 16.7 Å². The Morgan fingerprint density at radius 1 is 1.29 bits per heavy atom. The summed E-state index contributed by atoms with van der Waals surface area (Å²) in [7, 11) is 1.70. The molecule has 1 heterocycles. The Morgan fingerprint density at radius 3 is 2.41 bits per heavy atom. The van der Waals surface area contributed by atoms with Crippen LogP contribution in [0, 0.1) is 6.92 Å². The summed E-state index contributed by atoms with van der Waals surface area (Å²) < 4.78 is 9.84. The van der Waals surface area contributed by atoms with Crippen LogP contribution in [0.5, 0.6) is 0 Å². The van der Waals surface area contributed by atoms with Gasteiger partial charge in [-0.3, -0.25) is 0 Å². The zero-order valence-electron chi connectivity index (χ0n) is 10.0. The molecule has 0 saturated heterocycles. The van der Waals surface area contributed by atoms with Crippen LogP contribution >= 0.6 is 15.9 Å². The molecule has 0 atom stereocenters. The van der Waals surface area contributed by atoms with Gasteiger partial charge in [0.05, 0.1) is 12.3 Å². The van der Waals surface area contributed by atoms with Crippen LogP contribution in [0.1, 0.15) is 17.1 Å². The average molecular weight is 298 g/mol. The van der Waals surface area contributed by atoms with Crippen molar-refractivity contribution in [3.63, 3.8) is 0 Å². The highest BCUT2D eigenvalue weighted by Crippen LogP contribution is 2.03. The lowest BCUT2D eigenvalue weighted by Crippen LogP contribution is -1.84. The van der Waals surface area contributed by atoms with Crippen molar-refractivity contribution in [2.45, 2.75) is 18.9 Å². The molecule has 1 aromatic heterocycles. The quantitative estimate of drug-likeness (QED) is 0.810. The number of aryl methyl sites for hydroxylation is 1. The van der Waals surface area contributed by atoms with Crippen molar-refractivity contribution >= 4 is 15.9 Å². The lowest BCUT2D eigenvalue weighted by atomic mass is 10.2. The summed E-state index contributed by atoms with van der Waals surface area (Å²) in [5, 5.41) is 0.768. The van der Waals surface area contributed by atoms with E-state index in [9.17, 15) is 0 Å². The minimum atomic E-state index is 0.709. The summed E-state index contributed by atoms with van der Waals surface area (Å²) >= 11 is 3.25. The van der Waals surface area contributed by atoms with Crippen molar-refractivity contribution in [1.29, 1.82) is 0 Å². The molecule has 0 saturated carbocycles. The largest absolute Gasteiger partial charge is 0.449 e. The Hall–Kier alpha value is -1.13. The molecule has 0 spiro atoms. The van der Waals surface area contributed by atoms with E-state index in [2.05, 4.69) is 20.9 Å². The number of nitrogens with zero attached hydrogens (tertiary/aromatic N) is 1. The lowest BCUT2D eigenvalue weighted by Gasteiger charge is -1.95. The van der Waals surface area contributed by atoms with E-state index < -0.39 is 0 Å². The monoisotopic (exact) mass is 297 g/mol. The molecule has 0 fully saturated rings. The van der Waals surface area contributed by atoms with Crippen molar-refractivity contribution in [2.75, 3.05) is 7.11 Å². The average Bonchev–Trinajstić information content (AvgIpc) is 2.78. The minimum absolute atomic E-state index is 0.709. The van der Waals surface area contributed by atoms with Crippen LogP contribution in [0.2, 0.25) is 0 Å². The molecule has 0 N–H and O–H groups in total. The number of halogens is 1. The highest BCUT2D eigenvalue weighted by molar-refractivity contribution is 9.08. The van der Waals surface area contributed by atoms with Crippen LogP contribution in [0.4, 0.5) is 0 Å². The van der Waals surface area contributed by atoms with Gasteiger partial charge in [0.15, 0.2) is 5.89 Å². The Bertz CT molecular complexity index is 414. The molecule has 92 valence electrons. The molecule has 2 rings (SSSR count). The predicted octanol–water partition coefficient (Wildman–Crippen LogP) is 3.71. The second kappa shape index (κ2) is 8.03. The van der Waals surface area contributed by atoms with E-state index in [1.807, 2.05) is 37.3 Å². The van der Waals surface area contributed by atoms with Gasteiger partial charge in [-0.15, -0.1) is 0 Å². The van der Waals surface area contributed by atoms with Gasteiger partial charge in [-0.25, -0.2) is 4.98 Å². The molecule has 0 bridgehead atoms. The minimum Gasteiger partial charge on any atom is -0.449 e. The Labute approximate surface area is 110 Å². The molecule has 0 radical (unpaired) electrons. The lowest BCUT2D eigenvalue weighted by molar-refractivity contribution is 0.185. The van der Waals surface area contributed by atoms with Gasteiger partial charge in [-0.05, 0) is 5.56 Å². The molecule has 4 heteroatoms. The fraction of sp³-hybridized carbons (Fsp3) is 0.308. The summed E-state index contributed by atoms with van der Waals surface area (Å²) in [5.74, 6) is 0.722. The maximum Gasteiger partial charge on any atom is 0.191 e. The summed E-state index contributed by atoms with van der Waals surface area (Å²) in [6.45, 7) is 2.53. The molecule has 1 aromatic carbocycles. The summed E-state index contributed by atoms with van der Waals surface area (Å²) in [5.41, 5.74) is 2.17. The third kappa shape index (κ3) is 5.65. The predicted molar refractivity (Wildman–Crippen MR) is 71.0 cm³/mol. The topological polar surface area (TPSA) is 35.3 Å². The Kier molecular flexibility index (Phi) is 6.58. The number of methoxy groups -OCH3 is 1. The van der Waals surface area contributed by atoms with Gasteiger partial charge in [-0.1, -0.05) is 46.3 Å². The van der Waals surface area contributed by atoms with E-state index in [4.69, 9.17) is 9.15 Å². The third-order valence-electron chi connectivity index (χ3n) is 1.96. The summed E-state index contributed by atoms with van der Waals surface area (Å²) in [4.78, 5) is 4.02. The SMILES string of the molecule is COCc1ccccc1.Cc1nc(CBr)co1. The van der Waals surface area contributed by atoms with E-state index in [0.717, 1.165) is 16.9 Å². The molecule has 17 heavy (non-hydrogen) atoms. The Balaban J connectivity index is 0.000000171. The first-order chi connectivity index (χ1) is 8.26. The van der Waals surface area contributed by atoms with Gasteiger partial charge in [0.2, 0.25) is 0 Å². The molecular weight excluding hydrogens is 282 g/mol. The zero-order valence-corrected chi connectivity index (χ0v) is 11.6. The summed E-state index contributed by atoms with van der Waals surface area (Å²) in [6, 6.07) is 10.1. The van der Waals surface area contributed by atoms with Gasteiger partial charge in [0.1, 0.15) is 6.26 Å². The number of ether oxygens (including phenoxy) is 1. The first-order valence-electron chi connectivity index (χ1n) is 5.26. The van der Waals surface area contributed by atoms with Crippen molar-refractivity contribution < 1.29 is 9.15 Å². The number of alkyl halides is 1. The van der Waals surface area contributed by atoms with Crippen molar-refractivity contribution in [2.24, 2.45) is 0 Å². The number of hydrogen-bond donors (Lipinski definition) is 0. The van der Waals surface area contributed by atoms with Crippen molar-refractivity contribution in [3.8, 4) is 0 Å². The fourth-order valence-electron chi connectivity index (χ4n) is 1.21.